The van der Waals surface area contributed by atoms with Gasteiger partial charge in [-0.3, -0.25) is 4.99 Å². The predicted octanol–water partition coefficient (Wildman–Crippen LogP) is 3.65. The summed E-state index contributed by atoms with van der Waals surface area (Å²) in [4.78, 5) is 6.94. The summed E-state index contributed by atoms with van der Waals surface area (Å²) in [6.45, 7) is 5.22. The molecule has 1 aliphatic carbocycles. The normalized spacial score (nSPS) is 29.1. The molecule has 134 valence electrons. The number of halogens is 1. The Labute approximate surface area is 158 Å². The minimum Gasteiger partial charge on any atom is -0.381 e. The third kappa shape index (κ3) is 5.21. The Kier molecular flexibility index (Phi) is 7.92. The average Bonchev–Trinajstić information content (AvgIpc) is 3.19. The van der Waals surface area contributed by atoms with E-state index in [1.165, 1.54) is 57.8 Å². The summed E-state index contributed by atoms with van der Waals surface area (Å²) in [6.07, 6.45) is 12.5. The molecule has 0 radical (unpaired) electrons. The maximum absolute atomic E-state index is 5.62. The van der Waals surface area contributed by atoms with Crippen LogP contribution in [0, 0.1) is 11.3 Å². The van der Waals surface area contributed by atoms with Gasteiger partial charge in [0.2, 0.25) is 0 Å². The van der Waals surface area contributed by atoms with Gasteiger partial charge in [-0.1, -0.05) is 32.1 Å². The summed E-state index contributed by atoms with van der Waals surface area (Å²) >= 11 is 0. The molecule has 3 aliphatic rings. The van der Waals surface area contributed by atoms with Gasteiger partial charge in [-0.25, -0.2) is 0 Å². The minimum atomic E-state index is 0. The zero-order chi connectivity index (χ0) is 15.3. The summed E-state index contributed by atoms with van der Waals surface area (Å²) in [5.41, 5.74) is 0.416. The predicted molar refractivity (Wildman–Crippen MR) is 107 cm³/mol. The van der Waals surface area contributed by atoms with Crippen LogP contribution >= 0.6 is 24.0 Å². The topological polar surface area (TPSA) is 36.9 Å². The van der Waals surface area contributed by atoms with Crippen LogP contribution in [0.4, 0.5) is 0 Å². The number of likely N-dealkylation sites (tertiary alicyclic amines) is 1. The second-order valence-corrected chi connectivity index (χ2v) is 7.59. The number of guanidine groups is 1. The van der Waals surface area contributed by atoms with Gasteiger partial charge in [0.1, 0.15) is 0 Å². The first kappa shape index (κ1) is 19.3. The Morgan fingerprint density at radius 3 is 2.78 bits per heavy atom. The SMILES string of the molecule is CN=C(NCCCC1CCCCC1)N1CCC2(CCOC2)C1.I. The van der Waals surface area contributed by atoms with Crippen molar-refractivity contribution in [2.45, 2.75) is 57.8 Å². The van der Waals surface area contributed by atoms with Crippen LogP contribution in [0.5, 0.6) is 0 Å². The van der Waals surface area contributed by atoms with Gasteiger partial charge < -0.3 is 15.0 Å². The fourth-order valence-corrected chi connectivity index (χ4v) is 4.49. The Bertz CT molecular complexity index is 376. The third-order valence-corrected chi connectivity index (χ3v) is 5.93. The van der Waals surface area contributed by atoms with Gasteiger partial charge in [0.15, 0.2) is 5.96 Å². The van der Waals surface area contributed by atoms with Gasteiger partial charge in [0.25, 0.3) is 0 Å². The van der Waals surface area contributed by atoms with Crippen LogP contribution in [0.25, 0.3) is 0 Å². The van der Waals surface area contributed by atoms with Crippen LogP contribution < -0.4 is 5.32 Å². The fraction of sp³-hybridized carbons (Fsp3) is 0.944. The van der Waals surface area contributed by atoms with E-state index >= 15 is 0 Å². The molecule has 4 nitrogen and oxygen atoms in total. The van der Waals surface area contributed by atoms with E-state index in [4.69, 9.17) is 4.74 Å². The summed E-state index contributed by atoms with van der Waals surface area (Å²) in [5.74, 6) is 2.09. The zero-order valence-corrected chi connectivity index (χ0v) is 17.0. The molecule has 1 unspecified atom stereocenters. The van der Waals surface area contributed by atoms with Crippen molar-refractivity contribution in [2.24, 2.45) is 16.3 Å². The molecule has 0 amide bonds. The van der Waals surface area contributed by atoms with E-state index < -0.39 is 0 Å². The van der Waals surface area contributed by atoms with Crippen molar-refractivity contribution in [3.05, 3.63) is 0 Å². The molecule has 1 saturated carbocycles. The highest BCUT2D eigenvalue weighted by atomic mass is 127. The molecule has 2 heterocycles. The first-order valence-electron chi connectivity index (χ1n) is 9.35. The molecule has 1 atom stereocenters. The van der Waals surface area contributed by atoms with Gasteiger partial charge in [-0.15, -0.1) is 24.0 Å². The van der Waals surface area contributed by atoms with Crippen LogP contribution in [0.15, 0.2) is 4.99 Å². The van der Waals surface area contributed by atoms with Crippen LogP contribution in [0.3, 0.4) is 0 Å². The monoisotopic (exact) mass is 435 g/mol. The Hall–Kier alpha value is -0.0400. The lowest BCUT2D eigenvalue weighted by Gasteiger charge is -2.25. The Morgan fingerprint density at radius 2 is 2.09 bits per heavy atom. The molecule has 0 aromatic rings. The number of hydrogen-bond acceptors (Lipinski definition) is 2. The first-order valence-corrected chi connectivity index (χ1v) is 9.35. The van der Waals surface area contributed by atoms with Crippen LogP contribution in [0.2, 0.25) is 0 Å². The van der Waals surface area contributed by atoms with Gasteiger partial charge >= 0.3 is 0 Å². The van der Waals surface area contributed by atoms with Crippen molar-refractivity contribution in [3.63, 3.8) is 0 Å². The number of rotatable bonds is 4. The minimum absolute atomic E-state index is 0. The highest BCUT2D eigenvalue weighted by molar-refractivity contribution is 14.0. The highest BCUT2D eigenvalue weighted by Gasteiger charge is 2.42. The molecular weight excluding hydrogens is 401 g/mol. The lowest BCUT2D eigenvalue weighted by Crippen LogP contribution is -2.41. The van der Waals surface area contributed by atoms with Gasteiger partial charge in [-0.05, 0) is 31.6 Å². The third-order valence-electron chi connectivity index (χ3n) is 5.93. The molecule has 1 N–H and O–H groups in total. The largest absolute Gasteiger partial charge is 0.381 e. The number of nitrogens with zero attached hydrogens (tertiary/aromatic N) is 2. The van der Waals surface area contributed by atoms with E-state index in [1.807, 2.05) is 7.05 Å². The highest BCUT2D eigenvalue weighted by Crippen LogP contribution is 2.38. The van der Waals surface area contributed by atoms with E-state index in [-0.39, 0.29) is 24.0 Å². The quantitative estimate of drug-likeness (QED) is 0.317. The second kappa shape index (κ2) is 9.44. The molecule has 0 bridgehead atoms. The molecule has 3 rings (SSSR count). The van der Waals surface area contributed by atoms with Crippen molar-refractivity contribution in [2.75, 3.05) is 39.9 Å². The van der Waals surface area contributed by atoms with Crippen molar-refractivity contribution >= 4 is 29.9 Å². The molecule has 2 aliphatic heterocycles. The van der Waals surface area contributed by atoms with E-state index in [9.17, 15) is 0 Å². The first-order chi connectivity index (χ1) is 10.8. The summed E-state index contributed by atoms with van der Waals surface area (Å²) < 4.78 is 5.62. The number of ether oxygens (including phenoxy) is 1. The van der Waals surface area contributed by atoms with Crippen molar-refractivity contribution in [3.8, 4) is 0 Å². The smallest absolute Gasteiger partial charge is 0.193 e. The zero-order valence-electron chi connectivity index (χ0n) is 14.7. The van der Waals surface area contributed by atoms with Gasteiger partial charge in [0, 0.05) is 38.7 Å². The van der Waals surface area contributed by atoms with Crippen molar-refractivity contribution < 1.29 is 4.74 Å². The van der Waals surface area contributed by atoms with Crippen LogP contribution in [-0.2, 0) is 4.74 Å². The summed E-state index contributed by atoms with van der Waals surface area (Å²) in [5, 5.41) is 3.59. The number of nitrogens with one attached hydrogen (secondary N) is 1. The van der Waals surface area contributed by atoms with Gasteiger partial charge in [-0.2, -0.15) is 0 Å². The van der Waals surface area contributed by atoms with E-state index in [0.29, 0.717) is 5.41 Å². The number of hydrogen-bond donors (Lipinski definition) is 1. The molecule has 0 aromatic carbocycles. The van der Waals surface area contributed by atoms with Crippen LogP contribution in [0.1, 0.15) is 57.8 Å². The second-order valence-electron chi connectivity index (χ2n) is 7.59. The standard InChI is InChI=1S/C18H33N3O.HI/c1-19-17(20-11-5-8-16-6-3-2-4-7-16)21-12-9-18(14-21)10-13-22-15-18;/h16H,2-15H2,1H3,(H,19,20);1H. The lowest BCUT2D eigenvalue weighted by molar-refractivity contribution is 0.156. The lowest BCUT2D eigenvalue weighted by atomic mass is 9.86. The molecule has 0 aromatic heterocycles. The molecular formula is C18H34IN3O. The van der Waals surface area contributed by atoms with Crippen molar-refractivity contribution in [1.82, 2.24) is 10.2 Å². The fourth-order valence-electron chi connectivity index (χ4n) is 4.49. The maximum atomic E-state index is 5.62. The summed E-state index contributed by atoms with van der Waals surface area (Å²) in [6, 6.07) is 0. The number of aliphatic imine (C=N–C) groups is 1. The summed E-state index contributed by atoms with van der Waals surface area (Å²) in [7, 11) is 1.92. The average molecular weight is 435 g/mol. The molecule has 23 heavy (non-hydrogen) atoms. The van der Waals surface area contributed by atoms with Crippen LogP contribution in [-0.4, -0.2) is 50.8 Å². The Morgan fingerprint density at radius 1 is 1.26 bits per heavy atom. The molecule has 3 fully saturated rings. The van der Waals surface area contributed by atoms with E-state index in [2.05, 4.69) is 15.2 Å². The Balaban J connectivity index is 0.00000192. The van der Waals surface area contributed by atoms with E-state index in [0.717, 1.165) is 44.7 Å². The van der Waals surface area contributed by atoms with Gasteiger partial charge in [0.05, 0.1) is 6.61 Å². The maximum Gasteiger partial charge on any atom is 0.193 e. The molecule has 1 spiro atoms. The van der Waals surface area contributed by atoms with Crippen molar-refractivity contribution in [1.29, 1.82) is 0 Å². The van der Waals surface area contributed by atoms with E-state index in [1.54, 1.807) is 0 Å². The molecule has 5 heteroatoms. The molecule has 2 saturated heterocycles.